The van der Waals surface area contributed by atoms with Crippen molar-refractivity contribution in [3.05, 3.63) is 30.1 Å². The van der Waals surface area contributed by atoms with Crippen molar-refractivity contribution in [1.29, 1.82) is 0 Å². The highest BCUT2D eigenvalue weighted by Crippen LogP contribution is 2.22. The summed E-state index contributed by atoms with van der Waals surface area (Å²) in [6.07, 6.45) is 4.82. The van der Waals surface area contributed by atoms with Gasteiger partial charge in [0.1, 0.15) is 5.75 Å². The van der Waals surface area contributed by atoms with E-state index in [1.165, 1.54) is 5.57 Å². The lowest BCUT2D eigenvalue weighted by Crippen LogP contribution is -2.23. The molecule has 0 bridgehead atoms. The number of aromatic hydroxyl groups is 1. The lowest BCUT2D eigenvalue weighted by molar-refractivity contribution is 0.369. The minimum absolute atomic E-state index is 0.287. The second-order valence-electron chi connectivity index (χ2n) is 3.64. The SMILES string of the molecule is CN1CC=C(c2cc(O)ccn2)CC1. The van der Waals surface area contributed by atoms with Gasteiger partial charge in [0.15, 0.2) is 0 Å². The molecule has 0 fully saturated rings. The number of pyridine rings is 1. The molecule has 0 saturated heterocycles. The summed E-state index contributed by atoms with van der Waals surface area (Å²) in [6.45, 7) is 2.02. The smallest absolute Gasteiger partial charge is 0.119 e. The quantitative estimate of drug-likeness (QED) is 0.729. The van der Waals surface area contributed by atoms with Gasteiger partial charge in [0.25, 0.3) is 0 Å². The largest absolute Gasteiger partial charge is 0.508 e. The van der Waals surface area contributed by atoms with Gasteiger partial charge in [-0.15, -0.1) is 0 Å². The van der Waals surface area contributed by atoms with E-state index in [-0.39, 0.29) is 5.75 Å². The van der Waals surface area contributed by atoms with Crippen LogP contribution in [-0.2, 0) is 0 Å². The summed E-state index contributed by atoms with van der Waals surface area (Å²) in [7, 11) is 2.10. The normalized spacial score (nSPS) is 17.9. The molecule has 1 aliphatic heterocycles. The van der Waals surface area contributed by atoms with E-state index >= 15 is 0 Å². The van der Waals surface area contributed by atoms with Crippen molar-refractivity contribution < 1.29 is 5.11 Å². The van der Waals surface area contributed by atoms with Crippen molar-refractivity contribution in [3.63, 3.8) is 0 Å². The van der Waals surface area contributed by atoms with Crippen LogP contribution in [0.1, 0.15) is 12.1 Å². The molecule has 14 heavy (non-hydrogen) atoms. The molecule has 0 aliphatic carbocycles. The molecule has 0 atom stereocenters. The van der Waals surface area contributed by atoms with Crippen LogP contribution >= 0.6 is 0 Å². The van der Waals surface area contributed by atoms with Gasteiger partial charge in [-0.25, -0.2) is 0 Å². The number of aromatic nitrogens is 1. The molecule has 2 heterocycles. The molecule has 2 rings (SSSR count). The van der Waals surface area contributed by atoms with Gasteiger partial charge < -0.3 is 10.0 Å². The number of likely N-dealkylation sites (N-methyl/N-ethyl adjacent to an activating group) is 1. The second kappa shape index (κ2) is 3.80. The minimum atomic E-state index is 0.287. The molecule has 1 aliphatic rings. The average Bonchev–Trinajstić information content (AvgIpc) is 2.19. The summed E-state index contributed by atoms with van der Waals surface area (Å²) in [5.41, 5.74) is 2.14. The van der Waals surface area contributed by atoms with Gasteiger partial charge in [-0.2, -0.15) is 0 Å². The van der Waals surface area contributed by atoms with Crippen molar-refractivity contribution >= 4 is 5.57 Å². The summed E-state index contributed by atoms with van der Waals surface area (Å²) in [4.78, 5) is 6.50. The molecule has 0 amide bonds. The predicted octanol–water partition coefficient (Wildman–Crippen LogP) is 1.51. The molecule has 3 heteroatoms. The van der Waals surface area contributed by atoms with E-state index in [9.17, 15) is 5.11 Å². The van der Waals surface area contributed by atoms with Gasteiger partial charge in [-0.3, -0.25) is 4.98 Å². The van der Waals surface area contributed by atoms with Crippen molar-refractivity contribution in [2.75, 3.05) is 20.1 Å². The molecule has 0 saturated carbocycles. The monoisotopic (exact) mass is 190 g/mol. The lowest BCUT2D eigenvalue weighted by atomic mass is 10.0. The molecule has 0 spiro atoms. The fourth-order valence-electron chi connectivity index (χ4n) is 1.60. The van der Waals surface area contributed by atoms with Crippen molar-refractivity contribution in [2.24, 2.45) is 0 Å². The highest BCUT2D eigenvalue weighted by Gasteiger charge is 2.10. The van der Waals surface area contributed by atoms with Crippen molar-refractivity contribution in [1.82, 2.24) is 9.88 Å². The third kappa shape index (κ3) is 1.93. The zero-order valence-electron chi connectivity index (χ0n) is 8.27. The van der Waals surface area contributed by atoms with Crippen LogP contribution in [0.15, 0.2) is 24.4 Å². The Hall–Kier alpha value is -1.35. The number of rotatable bonds is 1. The summed E-state index contributed by atoms with van der Waals surface area (Å²) in [5.74, 6) is 0.287. The zero-order chi connectivity index (χ0) is 9.97. The average molecular weight is 190 g/mol. The lowest BCUT2D eigenvalue weighted by Gasteiger charge is -2.21. The van der Waals surface area contributed by atoms with Crippen LogP contribution < -0.4 is 0 Å². The van der Waals surface area contributed by atoms with Crippen LogP contribution in [0.5, 0.6) is 5.75 Å². The molecule has 1 N–H and O–H groups in total. The molecule has 74 valence electrons. The first kappa shape index (κ1) is 9.21. The van der Waals surface area contributed by atoms with Gasteiger partial charge in [0.05, 0.1) is 5.69 Å². The predicted molar refractivity (Wildman–Crippen MR) is 56.0 cm³/mol. The van der Waals surface area contributed by atoms with Gasteiger partial charge >= 0.3 is 0 Å². The molecular weight excluding hydrogens is 176 g/mol. The molecule has 1 aromatic heterocycles. The summed E-state index contributed by atoms with van der Waals surface area (Å²) >= 11 is 0. The first-order valence-corrected chi connectivity index (χ1v) is 4.78. The van der Waals surface area contributed by atoms with Crippen LogP contribution in [0.25, 0.3) is 5.57 Å². The first-order chi connectivity index (χ1) is 6.75. The van der Waals surface area contributed by atoms with Crippen LogP contribution in [0.3, 0.4) is 0 Å². The maximum absolute atomic E-state index is 9.32. The molecule has 0 aromatic carbocycles. The third-order valence-electron chi connectivity index (χ3n) is 2.48. The standard InChI is InChI=1S/C11H14N2O/c1-13-6-3-9(4-7-13)11-8-10(14)2-5-12-11/h2-3,5,8H,4,6-7H2,1H3,(H,12,14). The minimum Gasteiger partial charge on any atom is -0.508 e. The maximum Gasteiger partial charge on any atom is 0.119 e. The molecule has 3 nitrogen and oxygen atoms in total. The van der Waals surface area contributed by atoms with Crippen molar-refractivity contribution in [2.45, 2.75) is 6.42 Å². The van der Waals surface area contributed by atoms with E-state index in [0.717, 1.165) is 25.2 Å². The Kier molecular flexibility index (Phi) is 2.50. The van der Waals surface area contributed by atoms with E-state index in [1.54, 1.807) is 18.3 Å². The third-order valence-corrected chi connectivity index (χ3v) is 2.48. The fourth-order valence-corrected chi connectivity index (χ4v) is 1.60. The Balaban J connectivity index is 2.23. The maximum atomic E-state index is 9.32. The summed E-state index contributed by atoms with van der Waals surface area (Å²) in [5, 5.41) is 9.32. The van der Waals surface area contributed by atoms with E-state index in [2.05, 4.69) is 23.0 Å². The fraction of sp³-hybridized carbons (Fsp3) is 0.364. The van der Waals surface area contributed by atoms with E-state index in [1.807, 2.05) is 0 Å². The Labute approximate surface area is 83.7 Å². The van der Waals surface area contributed by atoms with Gasteiger partial charge in [0, 0.05) is 25.4 Å². The van der Waals surface area contributed by atoms with E-state index in [4.69, 9.17) is 0 Å². The van der Waals surface area contributed by atoms with Gasteiger partial charge in [-0.1, -0.05) is 6.08 Å². The van der Waals surface area contributed by atoms with Crippen LogP contribution in [-0.4, -0.2) is 35.1 Å². The molecular formula is C11H14N2O. The highest BCUT2D eigenvalue weighted by atomic mass is 16.3. The Morgan fingerprint density at radius 3 is 3.00 bits per heavy atom. The van der Waals surface area contributed by atoms with Gasteiger partial charge in [0.2, 0.25) is 0 Å². The zero-order valence-corrected chi connectivity index (χ0v) is 8.27. The molecule has 0 radical (unpaired) electrons. The molecule has 0 unspecified atom stereocenters. The number of nitrogens with zero attached hydrogens (tertiary/aromatic N) is 2. The van der Waals surface area contributed by atoms with E-state index < -0.39 is 0 Å². The Bertz CT molecular complexity index is 360. The number of hydrogen-bond donors (Lipinski definition) is 1. The molecule has 1 aromatic rings. The summed E-state index contributed by atoms with van der Waals surface area (Å²) < 4.78 is 0. The van der Waals surface area contributed by atoms with Crippen LogP contribution in [0.2, 0.25) is 0 Å². The number of hydrogen-bond acceptors (Lipinski definition) is 3. The van der Waals surface area contributed by atoms with Gasteiger partial charge in [-0.05, 0) is 25.1 Å². The summed E-state index contributed by atoms with van der Waals surface area (Å²) in [6, 6.07) is 3.32. The van der Waals surface area contributed by atoms with Crippen molar-refractivity contribution in [3.8, 4) is 5.75 Å². The Morgan fingerprint density at radius 1 is 1.50 bits per heavy atom. The highest BCUT2D eigenvalue weighted by molar-refractivity contribution is 5.64. The first-order valence-electron chi connectivity index (χ1n) is 4.78. The topological polar surface area (TPSA) is 36.4 Å². The Morgan fingerprint density at radius 2 is 2.36 bits per heavy atom. The van der Waals surface area contributed by atoms with E-state index in [0.29, 0.717) is 0 Å². The second-order valence-corrected chi connectivity index (χ2v) is 3.64. The van der Waals surface area contributed by atoms with Crippen LogP contribution in [0.4, 0.5) is 0 Å². The van der Waals surface area contributed by atoms with Crippen LogP contribution in [0, 0.1) is 0 Å².